The van der Waals surface area contributed by atoms with Gasteiger partial charge in [0.1, 0.15) is 5.82 Å². The molecule has 3 heterocycles. The number of rotatable bonds is 5. The molecule has 2 aromatic carbocycles. The Kier molecular flexibility index (Phi) is 6.14. The molecular weight excluding hydrogens is 422 g/mol. The number of aromatic nitrogens is 2. The largest absolute Gasteiger partial charge is 0.398 e. The molecule has 1 fully saturated rings. The van der Waals surface area contributed by atoms with Crippen LogP contribution in [0.5, 0.6) is 0 Å². The summed E-state index contributed by atoms with van der Waals surface area (Å²) in [7, 11) is 0. The molecule has 172 valence electrons. The molecule has 2 N–H and O–H groups in total. The summed E-state index contributed by atoms with van der Waals surface area (Å²) in [6.45, 7) is 7.20. The number of nitrogens with two attached hydrogens (primary N) is 1. The van der Waals surface area contributed by atoms with Crippen molar-refractivity contribution in [3.63, 3.8) is 0 Å². The van der Waals surface area contributed by atoms with Crippen LogP contribution in [0.15, 0.2) is 77.8 Å². The lowest BCUT2D eigenvalue weighted by molar-refractivity contribution is 0.122. The Morgan fingerprint density at radius 3 is 2.53 bits per heavy atom. The van der Waals surface area contributed by atoms with Crippen molar-refractivity contribution < 1.29 is 4.74 Å². The lowest BCUT2D eigenvalue weighted by Gasteiger charge is -2.29. The number of anilines is 1. The number of benzene rings is 2. The molecule has 1 saturated heterocycles. The SMILES string of the molecule is Cc1ccc(-c2cc3cc(N=CC=C(N)c4cccc(C)c4)cc(N4CCOCC4)n3n2)cc1. The summed E-state index contributed by atoms with van der Waals surface area (Å²) in [4.78, 5) is 7.02. The number of ether oxygens (including phenoxy) is 1. The molecule has 2 aromatic heterocycles. The predicted octanol–water partition coefficient (Wildman–Crippen LogP) is 5.16. The van der Waals surface area contributed by atoms with E-state index in [9.17, 15) is 0 Å². The monoisotopic (exact) mass is 451 g/mol. The van der Waals surface area contributed by atoms with Crippen LogP contribution in [0, 0.1) is 13.8 Å². The van der Waals surface area contributed by atoms with Crippen molar-refractivity contribution in [2.75, 3.05) is 31.2 Å². The van der Waals surface area contributed by atoms with E-state index < -0.39 is 0 Å². The van der Waals surface area contributed by atoms with E-state index in [1.807, 2.05) is 22.7 Å². The van der Waals surface area contributed by atoms with Gasteiger partial charge in [-0.25, -0.2) is 4.52 Å². The van der Waals surface area contributed by atoms with Gasteiger partial charge in [0.15, 0.2) is 0 Å². The Hall–Kier alpha value is -3.90. The van der Waals surface area contributed by atoms with Crippen LogP contribution in [-0.2, 0) is 4.74 Å². The van der Waals surface area contributed by atoms with Crippen LogP contribution in [0.4, 0.5) is 11.5 Å². The zero-order valence-electron chi connectivity index (χ0n) is 19.6. The number of pyridine rings is 1. The van der Waals surface area contributed by atoms with Gasteiger partial charge >= 0.3 is 0 Å². The third-order valence-electron chi connectivity index (χ3n) is 6.04. The van der Waals surface area contributed by atoms with E-state index in [4.69, 9.17) is 20.6 Å². The van der Waals surface area contributed by atoms with Crippen molar-refractivity contribution in [2.45, 2.75) is 13.8 Å². The van der Waals surface area contributed by atoms with Gasteiger partial charge in [-0.2, -0.15) is 5.10 Å². The van der Waals surface area contributed by atoms with Gasteiger partial charge < -0.3 is 15.4 Å². The van der Waals surface area contributed by atoms with Crippen LogP contribution in [0.3, 0.4) is 0 Å². The molecular formula is C28H29N5O. The lowest BCUT2D eigenvalue weighted by Crippen LogP contribution is -2.37. The summed E-state index contributed by atoms with van der Waals surface area (Å²) in [5.41, 5.74) is 14.3. The third kappa shape index (κ3) is 4.72. The Labute approximate surface area is 200 Å². The molecule has 6 nitrogen and oxygen atoms in total. The molecule has 1 aliphatic heterocycles. The van der Waals surface area contributed by atoms with Crippen LogP contribution < -0.4 is 10.6 Å². The standard InChI is InChI=1S/C28H29N5O/c1-20-6-8-22(9-7-20)27-19-25-17-24(18-28(33(25)31-27)32-12-14-34-15-13-32)30-11-10-26(29)23-5-3-4-21(2)16-23/h3-11,16-19H,12-15,29H2,1-2H3. The maximum absolute atomic E-state index is 6.28. The molecule has 0 atom stereocenters. The maximum Gasteiger partial charge on any atom is 0.133 e. The van der Waals surface area contributed by atoms with Crippen LogP contribution >= 0.6 is 0 Å². The second kappa shape index (κ2) is 9.53. The first kappa shape index (κ1) is 21.9. The first-order valence-corrected chi connectivity index (χ1v) is 11.6. The molecule has 34 heavy (non-hydrogen) atoms. The Morgan fingerprint density at radius 2 is 1.76 bits per heavy atom. The van der Waals surface area contributed by atoms with Gasteiger partial charge in [0.25, 0.3) is 0 Å². The van der Waals surface area contributed by atoms with Gasteiger partial charge in [-0.3, -0.25) is 4.99 Å². The fourth-order valence-corrected chi connectivity index (χ4v) is 4.15. The minimum atomic E-state index is 0.688. The number of aliphatic imine (C=N–C) groups is 1. The van der Waals surface area contributed by atoms with Gasteiger partial charge in [0, 0.05) is 36.6 Å². The van der Waals surface area contributed by atoms with Gasteiger partial charge in [0.05, 0.1) is 30.1 Å². The predicted molar refractivity (Wildman–Crippen MR) is 140 cm³/mol. The van der Waals surface area contributed by atoms with Crippen LogP contribution in [-0.4, -0.2) is 42.1 Å². The highest BCUT2D eigenvalue weighted by atomic mass is 16.5. The minimum absolute atomic E-state index is 0.688. The summed E-state index contributed by atoms with van der Waals surface area (Å²) in [5, 5.41) is 4.94. The number of nitrogens with zero attached hydrogens (tertiary/aromatic N) is 4. The van der Waals surface area contributed by atoms with Crippen LogP contribution in [0.25, 0.3) is 22.5 Å². The lowest BCUT2D eigenvalue weighted by atomic mass is 10.1. The van der Waals surface area contributed by atoms with Gasteiger partial charge in [0.2, 0.25) is 0 Å². The average molecular weight is 452 g/mol. The van der Waals surface area contributed by atoms with E-state index in [1.165, 1.54) is 11.1 Å². The summed E-state index contributed by atoms with van der Waals surface area (Å²) in [6.07, 6.45) is 3.62. The molecule has 0 aliphatic carbocycles. The molecule has 0 unspecified atom stereocenters. The third-order valence-corrected chi connectivity index (χ3v) is 6.04. The average Bonchev–Trinajstić information content (AvgIpc) is 3.28. The highest BCUT2D eigenvalue weighted by molar-refractivity contribution is 5.85. The van der Waals surface area contributed by atoms with E-state index in [-0.39, 0.29) is 0 Å². The number of hydrogen-bond acceptors (Lipinski definition) is 5. The summed E-state index contributed by atoms with van der Waals surface area (Å²) < 4.78 is 7.58. The van der Waals surface area contributed by atoms with Crippen LogP contribution in [0.1, 0.15) is 16.7 Å². The highest BCUT2D eigenvalue weighted by Crippen LogP contribution is 2.29. The van der Waals surface area contributed by atoms with E-state index in [1.54, 1.807) is 6.21 Å². The molecule has 0 radical (unpaired) electrons. The van der Waals surface area contributed by atoms with Gasteiger partial charge in [-0.15, -0.1) is 0 Å². The topological polar surface area (TPSA) is 68.1 Å². The number of hydrogen-bond donors (Lipinski definition) is 1. The van der Waals surface area contributed by atoms with Crippen molar-refractivity contribution in [3.05, 3.63) is 89.5 Å². The number of morpholine rings is 1. The smallest absolute Gasteiger partial charge is 0.133 e. The Balaban J connectivity index is 1.52. The summed E-state index contributed by atoms with van der Waals surface area (Å²) >= 11 is 0. The Bertz CT molecular complexity index is 1360. The molecule has 0 spiro atoms. The zero-order valence-corrected chi connectivity index (χ0v) is 19.6. The van der Waals surface area contributed by atoms with Crippen molar-refractivity contribution in [3.8, 4) is 11.3 Å². The van der Waals surface area contributed by atoms with Crippen molar-refractivity contribution >= 4 is 28.9 Å². The van der Waals surface area contributed by atoms with Crippen LogP contribution in [0.2, 0.25) is 0 Å². The number of aryl methyl sites for hydroxylation is 2. The minimum Gasteiger partial charge on any atom is -0.398 e. The Morgan fingerprint density at radius 1 is 0.971 bits per heavy atom. The fourth-order valence-electron chi connectivity index (χ4n) is 4.15. The van der Waals surface area contributed by atoms with Crippen molar-refractivity contribution in [2.24, 2.45) is 10.7 Å². The van der Waals surface area contributed by atoms with Gasteiger partial charge in [-0.05, 0) is 43.7 Å². The molecule has 6 heteroatoms. The fraction of sp³-hybridized carbons (Fsp3) is 0.214. The van der Waals surface area contributed by atoms with Crippen molar-refractivity contribution in [1.82, 2.24) is 9.61 Å². The second-order valence-corrected chi connectivity index (χ2v) is 8.67. The molecule has 5 rings (SSSR count). The first-order chi connectivity index (χ1) is 16.6. The molecule has 1 aliphatic rings. The number of allylic oxidation sites excluding steroid dienone is 1. The van der Waals surface area contributed by atoms with E-state index in [0.717, 1.165) is 46.9 Å². The highest BCUT2D eigenvalue weighted by Gasteiger charge is 2.17. The summed E-state index contributed by atoms with van der Waals surface area (Å²) in [6, 6.07) is 22.9. The normalized spacial score (nSPS) is 14.9. The second-order valence-electron chi connectivity index (χ2n) is 8.67. The van der Waals surface area contributed by atoms with Crippen molar-refractivity contribution in [1.29, 1.82) is 0 Å². The molecule has 0 saturated carbocycles. The number of fused-ring (bicyclic) bond motifs is 1. The quantitative estimate of drug-likeness (QED) is 0.426. The van der Waals surface area contributed by atoms with E-state index in [2.05, 4.69) is 73.3 Å². The molecule has 0 amide bonds. The molecule has 4 aromatic rings. The van der Waals surface area contributed by atoms with E-state index >= 15 is 0 Å². The summed E-state index contributed by atoms with van der Waals surface area (Å²) in [5.74, 6) is 1.02. The zero-order chi connectivity index (χ0) is 23.5. The van der Waals surface area contributed by atoms with E-state index in [0.29, 0.717) is 18.9 Å². The first-order valence-electron chi connectivity index (χ1n) is 11.6. The maximum atomic E-state index is 6.28. The molecule has 0 bridgehead atoms. The van der Waals surface area contributed by atoms with Gasteiger partial charge in [-0.1, -0.05) is 53.6 Å².